The first-order chi connectivity index (χ1) is 12.0. The summed E-state index contributed by atoms with van der Waals surface area (Å²) in [4.78, 5) is 14.5. The summed E-state index contributed by atoms with van der Waals surface area (Å²) in [6.45, 7) is 9.25. The zero-order chi connectivity index (χ0) is 18.2. The molecule has 2 amide bonds. The summed E-state index contributed by atoms with van der Waals surface area (Å²) in [5.74, 6) is 0.270. The number of hydrogen-bond acceptors (Lipinski definition) is 3. The molecular weight excluding hydrogens is 314 g/mol. The highest BCUT2D eigenvalue weighted by molar-refractivity contribution is 5.73. The van der Waals surface area contributed by atoms with Crippen LogP contribution in [0.5, 0.6) is 0 Å². The van der Waals surface area contributed by atoms with Gasteiger partial charge in [-0.3, -0.25) is 4.90 Å². The van der Waals surface area contributed by atoms with E-state index in [0.29, 0.717) is 25.6 Å². The third-order valence-corrected chi connectivity index (χ3v) is 5.00. The second-order valence-electron chi connectivity index (χ2n) is 7.33. The fourth-order valence-corrected chi connectivity index (χ4v) is 3.57. The van der Waals surface area contributed by atoms with Crippen LogP contribution in [0.15, 0.2) is 24.3 Å². The Balaban J connectivity index is 1.76. The van der Waals surface area contributed by atoms with Gasteiger partial charge in [0.1, 0.15) is 0 Å². The molecule has 1 aliphatic rings. The van der Waals surface area contributed by atoms with E-state index < -0.39 is 0 Å². The largest absolute Gasteiger partial charge is 0.393 e. The number of urea groups is 1. The second kappa shape index (κ2) is 9.78. The van der Waals surface area contributed by atoms with Crippen molar-refractivity contribution in [1.29, 1.82) is 0 Å². The zero-order valence-electron chi connectivity index (χ0n) is 15.8. The lowest BCUT2D eigenvalue weighted by atomic mass is 9.98. The maximum absolute atomic E-state index is 12.0. The van der Waals surface area contributed by atoms with Crippen LogP contribution in [0.2, 0.25) is 0 Å². The quantitative estimate of drug-likeness (QED) is 0.677. The number of amides is 2. The second-order valence-corrected chi connectivity index (χ2v) is 7.33. The van der Waals surface area contributed by atoms with Crippen molar-refractivity contribution in [3.63, 3.8) is 0 Å². The summed E-state index contributed by atoms with van der Waals surface area (Å²) in [5, 5.41) is 15.3. The molecule has 0 saturated heterocycles. The van der Waals surface area contributed by atoms with Gasteiger partial charge in [-0.2, -0.15) is 0 Å². The van der Waals surface area contributed by atoms with Gasteiger partial charge in [0.15, 0.2) is 0 Å². The number of nitrogens with zero attached hydrogens (tertiary/aromatic N) is 1. The van der Waals surface area contributed by atoms with Gasteiger partial charge in [0, 0.05) is 32.2 Å². The molecule has 0 saturated carbocycles. The molecule has 0 bridgehead atoms. The minimum atomic E-state index is -0.327. The Kier molecular flexibility index (Phi) is 7.72. The molecule has 0 radical (unpaired) electrons. The van der Waals surface area contributed by atoms with Gasteiger partial charge in [0.25, 0.3) is 0 Å². The summed E-state index contributed by atoms with van der Waals surface area (Å²) in [7, 11) is 0. The number of aliphatic hydroxyl groups is 1. The van der Waals surface area contributed by atoms with Crippen LogP contribution < -0.4 is 10.6 Å². The number of fused-ring (bicyclic) bond motifs is 1. The number of nitrogens with one attached hydrogen (secondary N) is 2. The minimum absolute atomic E-state index is 0.117. The monoisotopic (exact) mass is 347 g/mol. The third-order valence-electron chi connectivity index (χ3n) is 5.00. The molecular formula is C20H33N3O2. The molecule has 3 N–H and O–H groups in total. The molecule has 5 nitrogen and oxygen atoms in total. The van der Waals surface area contributed by atoms with Gasteiger partial charge >= 0.3 is 6.03 Å². The molecule has 2 rings (SSSR count). The molecule has 140 valence electrons. The van der Waals surface area contributed by atoms with Crippen LogP contribution in [-0.2, 0) is 13.0 Å². The molecule has 0 fully saturated rings. The Hall–Kier alpha value is -1.59. The molecule has 0 aromatic heterocycles. The normalized spacial score (nSPS) is 18.1. The average Bonchev–Trinajstić information content (AvgIpc) is 2.59. The van der Waals surface area contributed by atoms with Crippen LogP contribution in [0.25, 0.3) is 0 Å². The summed E-state index contributed by atoms with van der Waals surface area (Å²) in [5.41, 5.74) is 2.86. The first-order valence-electron chi connectivity index (χ1n) is 9.50. The van der Waals surface area contributed by atoms with Crippen LogP contribution in [0, 0.1) is 5.92 Å². The van der Waals surface area contributed by atoms with Gasteiger partial charge in [-0.1, -0.05) is 38.1 Å². The van der Waals surface area contributed by atoms with Crippen LogP contribution in [0.1, 0.15) is 44.7 Å². The van der Waals surface area contributed by atoms with Crippen molar-refractivity contribution in [3.8, 4) is 0 Å². The number of carbonyl (C=O) groups is 1. The highest BCUT2D eigenvalue weighted by atomic mass is 16.3. The first-order valence-corrected chi connectivity index (χ1v) is 9.50. The number of rotatable bonds is 8. The van der Waals surface area contributed by atoms with Crippen molar-refractivity contribution in [2.75, 3.05) is 19.6 Å². The van der Waals surface area contributed by atoms with Crippen LogP contribution in [0.4, 0.5) is 4.79 Å². The predicted molar refractivity (Wildman–Crippen MR) is 101 cm³/mol. The molecule has 5 heteroatoms. The summed E-state index contributed by atoms with van der Waals surface area (Å²) >= 11 is 0. The maximum atomic E-state index is 12.0. The van der Waals surface area contributed by atoms with E-state index in [1.807, 2.05) is 6.92 Å². The van der Waals surface area contributed by atoms with E-state index in [1.54, 1.807) is 6.92 Å². The topological polar surface area (TPSA) is 64.6 Å². The van der Waals surface area contributed by atoms with E-state index in [-0.39, 0.29) is 18.1 Å². The standard InChI is InChI=1S/C20H33N3O2/c1-4-19(13-22-20(25)21-12-15(2)11-16(3)24)23-10-9-17-7-5-6-8-18(17)14-23/h5-8,15-16,19,24H,4,9-14H2,1-3H3,(H2,21,22,25). The smallest absolute Gasteiger partial charge is 0.314 e. The predicted octanol–water partition coefficient (Wildman–Crippen LogP) is 2.53. The van der Waals surface area contributed by atoms with Crippen molar-refractivity contribution < 1.29 is 9.90 Å². The number of benzene rings is 1. The van der Waals surface area contributed by atoms with Gasteiger partial charge in [-0.15, -0.1) is 0 Å². The Bertz CT molecular complexity index is 547. The summed E-state index contributed by atoms with van der Waals surface area (Å²) in [6, 6.07) is 8.87. The number of hydrogen-bond donors (Lipinski definition) is 3. The van der Waals surface area contributed by atoms with Crippen molar-refractivity contribution in [2.24, 2.45) is 5.92 Å². The maximum Gasteiger partial charge on any atom is 0.314 e. The van der Waals surface area contributed by atoms with Gasteiger partial charge in [-0.25, -0.2) is 4.79 Å². The molecule has 25 heavy (non-hydrogen) atoms. The molecule has 0 aliphatic carbocycles. The highest BCUT2D eigenvalue weighted by Gasteiger charge is 2.22. The van der Waals surface area contributed by atoms with E-state index in [4.69, 9.17) is 0 Å². The van der Waals surface area contributed by atoms with Gasteiger partial charge in [0.2, 0.25) is 0 Å². The third kappa shape index (κ3) is 6.33. The van der Waals surface area contributed by atoms with E-state index in [9.17, 15) is 9.90 Å². The Labute approximate surface area is 151 Å². The van der Waals surface area contributed by atoms with Crippen molar-refractivity contribution >= 4 is 6.03 Å². The molecule has 1 aromatic carbocycles. The Morgan fingerprint density at radius 3 is 2.56 bits per heavy atom. The van der Waals surface area contributed by atoms with Crippen molar-refractivity contribution in [2.45, 2.75) is 58.7 Å². The Morgan fingerprint density at radius 1 is 1.20 bits per heavy atom. The lowest BCUT2D eigenvalue weighted by molar-refractivity contribution is 0.161. The molecule has 1 aliphatic heterocycles. The van der Waals surface area contributed by atoms with Gasteiger partial charge in [0.05, 0.1) is 6.10 Å². The Morgan fingerprint density at radius 2 is 1.88 bits per heavy atom. The van der Waals surface area contributed by atoms with Gasteiger partial charge in [-0.05, 0) is 43.2 Å². The molecule has 1 heterocycles. The average molecular weight is 348 g/mol. The van der Waals surface area contributed by atoms with Crippen molar-refractivity contribution in [3.05, 3.63) is 35.4 Å². The minimum Gasteiger partial charge on any atom is -0.393 e. The SMILES string of the molecule is CCC(CNC(=O)NCC(C)CC(C)O)N1CCc2ccccc2C1. The zero-order valence-corrected chi connectivity index (χ0v) is 15.8. The lowest BCUT2D eigenvalue weighted by Gasteiger charge is -2.35. The van der Waals surface area contributed by atoms with E-state index in [0.717, 1.165) is 25.9 Å². The lowest BCUT2D eigenvalue weighted by Crippen LogP contribution is -2.48. The fraction of sp³-hybridized carbons (Fsp3) is 0.650. The molecule has 3 unspecified atom stereocenters. The molecule has 3 atom stereocenters. The number of carbonyl (C=O) groups excluding carboxylic acids is 1. The van der Waals surface area contributed by atoms with Crippen LogP contribution in [-0.4, -0.2) is 47.8 Å². The molecule has 1 aromatic rings. The van der Waals surface area contributed by atoms with E-state index in [2.05, 4.69) is 46.7 Å². The van der Waals surface area contributed by atoms with Crippen LogP contribution >= 0.6 is 0 Å². The fourth-order valence-electron chi connectivity index (χ4n) is 3.57. The van der Waals surface area contributed by atoms with E-state index in [1.165, 1.54) is 11.1 Å². The first kappa shape index (κ1) is 19.7. The van der Waals surface area contributed by atoms with Crippen molar-refractivity contribution in [1.82, 2.24) is 15.5 Å². The van der Waals surface area contributed by atoms with E-state index >= 15 is 0 Å². The molecule has 0 spiro atoms. The highest BCUT2D eigenvalue weighted by Crippen LogP contribution is 2.21. The number of aliphatic hydroxyl groups excluding tert-OH is 1. The summed E-state index contributed by atoms with van der Waals surface area (Å²) in [6.07, 6.45) is 2.47. The summed E-state index contributed by atoms with van der Waals surface area (Å²) < 4.78 is 0. The van der Waals surface area contributed by atoms with Gasteiger partial charge < -0.3 is 15.7 Å². The van der Waals surface area contributed by atoms with Crippen LogP contribution in [0.3, 0.4) is 0 Å².